The molecule has 0 unspecified atom stereocenters. The minimum atomic E-state index is -4.73. The van der Waals surface area contributed by atoms with E-state index in [1.54, 1.807) is 12.1 Å². The second-order valence-electron chi connectivity index (χ2n) is 5.70. The molecule has 0 fully saturated rings. The minimum Gasteiger partial charge on any atom is -0.242 e. The van der Waals surface area contributed by atoms with Crippen LogP contribution in [0.3, 0.4) is 0 Å². The van der Waals surface area contributed by atoms with Gasteiger partial charge in [0.15, 0.2) is 5.65 Å². The number of rotatable bonds is 3. The molecule has 0 radical (unpaired) electrons. The normalized spacial score (nSPS) is 12.1. The summed E-state index contributed by atoms with van der Waals surface area (Å²) in [7, 11) is 0. The van der Waals surface area contributed by atoms with Crippen LogP contribution < -0.4 is 0 Å². The van der Waals surface area contributed by atoms with Crippen molar-refractivity contribution in [3.63, 3.8) is 0 Å². The molecule has 0 saturated carbocycles. The first kappa shape index (κ1) is 18.5. The van der Waals surface area contributed by atoms with E-state index in [1.807, 2.05) is 0 Å². The van der Waals surface area contributed by atoms with Gasteiger partial charge >= 0.3 is 6.18 Å². The van der Waals surface area contributed by atoms with Gasteiger partial charge in [0.1, 0.15) is 17.3 Å². The Hall–Kier alpha value is -2.89. The van der Waals surface area contributed by atoms with E-state index in [2.05, 4.69) is 36.3 Å². The first-order chi connectivity index (χ1) is 13.3. The third kappa shape index (κ3) is 3.13. The molecule has 12 heteroatoms. The molecule has 0 aliphatic carbocycles. The number of hydrogen-bond donors (Lipinski definition) is 0. The second-order valence-corrected chi connectivity index (χ2v) is 6.37. The van der Waals surface area contributed by atoms with Crippen LogP contribution in [0.5, 0.6) is 0 Å². The van der Waals surface area contributed by atoms with Crippen molar-refractivity contribution in [2.45, 2.75) is 12.7 Å². The quantitative estimate of drug-likeness (QED) is 0.432. The molecule has 0 N–H and O–H groups in total. The number of alkyl halides is 3. The van der Waals surface area contributed by atoms with Crippen LogP contribution in [-0.2, 0) is 12.7 Å². The van der Waals surface area contributed by atoms with Crippen molar-refractivity contribution in [3.05, 3.63) is 59.6 Å². The van der Waals surface area contributed by atoms with Gasteiger partial charge < -0.3 is 0 Å². The van der Waals surface area contributed by atoms with Crippen LogP contribution in [0, 0.1) is 11.6 Å². The molecule has 0 amide bonds. The highest BCUT2D eigenvalue weighted by Gasteiger charge is 2.38. The van der Waals surface area contributed by atoms with E-state index in [1.165, 1.54) is 16.9 Å². The zero-order chi connectivity index (χ0) is 20.1. The predicted octanol–water partition coefficient (Wildman–Crippen LogP) is 4.19. The lowest BCUT2D eigenvalue weighted by Crippen LogP contribution is -2.10. The number of fused-ring (bicyclic) bond motifs is 1. The van der Waals surface area contributed by atoms with Crippen molar-refractivity contribution in [2.24, 2.45) is 0 Å². The van der Waals surface area contributed by atoms with E-state index in [4.69, 9.17) is 0 Å². The van der Waals surface area contributed by atoms with Gasteiger partial charge in [-0.15, -0.1) is 5.10 Å². The molecule has 0 saturated heterocycles. The average Bonchev–Trinajstić information content (AvgIpc) is 3.19. The summed E-state index contributed by atoms with van der Waals surface area (Å²) in [6.07, 6.45) is -3.30. The Labute approximate surface area is 162 Å². The van der Waals surface area contributed by atoms with Crippen molar-refractivity contribution in [3.8, 4) is 11.5 Å². The van der Waals surface area contributed by atoms with E-state index < -0.39 is 23.6 Å². The summed E-state index contributed by atoms with van der Waals surface area (Å²) in [4.78, 5) is 7.61. The summed E-state index contributed by atoms with van der Waals surface area (Å²) in [5.74, 6) is -3.13. The highest BCUT2D eigenvalue weighted by Crippen LogP contribution is 2.32. The van der Waals surface area contributed by atoms with Gasteiger partial charge in [0.25, 0.3) is 0 Å². The first-order valence-electron chi connectivity index (χ1n) is 7.71. The fourth-order valence-electron chi connectivity index (χ4n) is 2.68. The number of benzene rings is 1. The Bertz CT molecular complexity index is 1160. The van der Waals surface area contributed by atoms with Crippen molar-refractivity contribution >= 4 is 27.2 Å². The third-order valence-corrected chi connectivity index (χ3v) is 4.41. The lowest BCUT2D eigenvalue weighted by atomic mass is 10.2. The van der Waals surface area contributed by atoms with Crippen molar-refractivity contribution < 1.29 is 22.0 Å². The van der Waals surface area contributed by atoms with Gasteiger partial charge in [0.05, 0.1) is 28.1 Å². The maximum absolute atomic E-state index is 14.0. The molecule has 1 aromatic carbocycles. The van der Waals surface area contributed by atoms with Crippen LogP contribution >= 0.6 is 16.1 Å². The molecule has 28 heavy (non-hydrogen) atoms. The van der Waals surface area contributed by atoms with Gasteiger partial charge in [-0.05, 0) is 24.3 Å². The molecule has 144 valence electrons. The molecule has 0 atom stereocenters. The van der Waals surface area contributed by atoms with Crippen LogP contribution in [0.4, 0.5) is 22.0 Å². The molecule has 3 aromatic heterocycles. The summed E-state index contributed by atoms with van der Waals surface area (Å²) in [5, 5.41) is 8.21. The number of pyridine rings is 1. The smallest absolute Gasteiger partial charge is 0.242 e. The number of halogens is 6. The number of aromatic nitrogens is 6. The zero-order valence-electron chi connectivity index (χ0n) is 13.6. The highest BCUT2D eigenvalue weighted by molar-refractivity contribution is 9.08. The maximum atomic E-state index is 14.0. The van der Waals surface area contributed by atoms with Crippen molar-refractivity contribution in [1.82, 2.24) is 28.6 Å². The molecule has 6 nitrogen and oxygen atoms in total. The van der Waals surface area contributed by atoms with Crippen LogP contribution in [-0.4, -0.2) is 28.6 Å². The number of nitrogens with zero attached hydrogens (tertiary/aromatic N) is 6. The van der Waals surface area contributed by atoms with E-state index in [-0.39, 0.29) is 29.3 Å². The Morgan fingerprint density at radius 2 is 1.71 bits per heavy atom. The summed E-state index contributed by atoms with van der Waals surface area (Å²) in [5.41, 5.74) is -0.0257. The molecule has 4 aromatic rings. The van der Waals surface area contributed by atoms with Gasteiger partial charge in [0.2, 0.25) is 11.6 Å². The van der Waals surface area contributed by atoms with Crippen molar-refractivity contribution in [1.29, 1.82) is 0 Å². The standard InChI is InChI=1S/C16H8BrF5N6/c17-28-15(16(20,21)22)24-13(26-28)12-8-3-2-6-23-14(8)27(25-12)7-9-10(18)4-1-5-11(9)19/h1-6H,7H2. The summed E-state index contributed by atoms with van der Waals surface area (Å²) < 4.78 is 68.6. The molecule has 0 aliphatic rings. The molecule has 0 spiro atoms. The molecule has 3 heterocycles. The molecule has 0 bridgehead atoms. The zero-order valence-corrected chi connectivity index (χ0v) is 15.2. The van der Waals surface area contributed by atoms with Crippen LogP contribution in [0.1, 0.15) is 11.4 Å². The SMILES string of the molecule is Fc1cccc(F)c1Cn1nc(-c2nc(C(F)(F)F)n(Br)n2)c2cccnc21. The first-order valence-corrected chi connectivity index (χ1v) is 8.42. The van der Waals surface area contributed by atoms with E-state index in [9.17, 15) is 22.0 Å². The van der Waals surface area contributed by atoms with Crippen LogP contribution in [0.15, 0.2) is 36.5 Å². The van der Waals surface area contributed by atoms with Crippen LogP contribution in [0.25, 0.3) is 22.6 Å². The summed E-state index contributed by atoms with van der Waals surface area (Å²) in [6.45, 7) is -0.312. The van der Waals surface area contributed by atoms with E-state index in [0.29, 0.717) is 9.09 Å². The number of hydrogen-bond acceptors (Lipinski definition) is 4. The fourth-order valence-corrected chi connectivity index (χ4v) is 3.11. The molecular formula is C16H8BrF5N6. The molecule has 4 rings (SSSR count). The second kappa shape index (κ2) is 6.62. The topological polar surface area (TPSA) is 61.4 Å². The monoisotopic (exact) mass is 458 g/mol. The molecular weight excluding hydrogens is 451 g/mol. The van der Waals surface area contributed by atoms with Crippen LogP contribution in [0.2, 0.25) is 0 Å². The lowest BCUT2D eigenvalue weighted by Gasteiger charge is -2.05. The Balaban J connectivity index is 1.86. The van der Waals surface area contributed by atoms with Gasteiger partial charge in [-0.2, -0.15) is 22.0 Å². The van der Waals surface area contributed by atoms with Gasteiger partial charge in [-0.25, -0.2) is 23.4 Å². The largest absolute Gasteiger partial charge is 0.452 e. The summed E-state index contributed by atoms with van der Waals surface area (Å²) in [6, 6.07) is 6.53. The lowest BCUT2D eigenvalue weighted by molar-refractivity contribution is -0.145. The van der Waals surface area contributed by atoms with Crippen molar-refractivity contribution in [2.75, 3.05) is 0 Å². The van der Waals surface area contributed by atoms with Gasteiger partial charge in [-0.1, -0.05) is 6.07 Å². The third-order valence-electron chi connectivity index (χ3n) is 3.91. The maximum Gasteiger partial charge on any atom is 0.452 e. The summed E-state index contributed by atoms with van der Waals surface area (Å²) >= 11 is 2.67. The highest BCUT2D eigenvalue weighted by atomic mass is 79.9. The fraction of sp³-hybridized carbons (Fsp3) is 0.125. The van der Waals surface area contributed by atoms with Gasteiger partial charge in [0, 0.05) is 11.8 Å². The Kier molecular flexibility index (Phi) is 4.37. The minimum absolute atomic E-state index is 0.00328. The van der Waals surface area contributed by atoms with E-state index >= 15 is 0 Å². The predicted molar refractivity (Wildman–Crippen MR) is 91.3 cm³/mol. The van der Waals surface area contributed by atoms with Gasteiger partial charge in [-0.3, -0.25) is 0 Å². The Morgan fingerprint density at radius 3 is 2.36 bits per heavy atom. The Morgan fingerprint density at radius 1 is 1.00 bits per heavy atom. The average molecular weight is 459 g/mol. The van der Waals surface area contributed by atoms with E-state index in [0.717, 1.165) is 12.1 Å². The molecule has 0 aliphatic heterocycles.